The van der Waals surface area contributed by atoms with Crippen LogP contribution in [0.3, 0.4) is 0 Å². The zero-order valence-corrected chi connectivity index (χ0v) is 9.17. The summed E-state index contributed by atoms with van der Waals surface area (Å²) in [5, 5.41) is 2.96. The van der Waals surface area contributed by atoms with Crippen LogP contribution in [0.2, 0.25) is 0 Å². The Labute approximate surface area is 95.2 Å². The molecule has 1 N–H and O–H groups in total. The van der Waals surface area contributed by atoms with E-state index >= 15 is 0 Å². The number of halogens is 2. The van der Waals surface area contributed by atoms with E-state index in [2.05, 4.69) is 5.32 Å². The van der Waals surface area contributed by atoms with Crippen LogP contribution in [0.4, 0.5) is 4.39 Å². The van der Waals surface area contributed by atoms with Crippen molar-refractivity contribution in [3.05, 3.63) is 35.9 Å². The number of rotatable bonds is 3. The van der Waals surface area contributed by atoms with E-state index in [0.29, 0.717) is 19.7 Å². The third-order valence-electron chi connectivity index (χ3n) is 2.40. The summed E-state index contributed by atoms with van der Waals surface area (Å²) < 4.78 is 18.6. The van der Waals surface area contributed by atoms with Gasteiger partial charge in [0.15, 0.2) is 0 Å². The van der Waals surface area contributed by atoms with E-state index in [1.54, 1.807) is 0 Å². The van der Waals surface area contributed by atoms with Gasteiger partial charge < -0.3 is 10.1 Å². The average molecular weight is 232 g/mol. The second-order valence-corrected chi connectivity index (χ2v) is 3.51. The van der Waals surface area contributed by atoms with Gasteiger partial charge in [-0.25, -0.2) is 4.39 Å². The van der Waals surface area contributed by atoms with Gasteiger partial charge in [-0.3, -0.25) is 0 Å². The molecule has 1 heterocycles. The molecular formula is C11H15ClFNO. The van der Waals surface area contributed by atoms with Gasteiger partial charge in [-0.1, -0.05) is 30.3 Å². The van der Waals surface area contributed by atoms with Crippen LogP contribution in [-0.2, 0) is 11.3 Å². The lowest BCUT2D eigenvalue weighted by Crippen LogP contribution is -2.23. The normalized spacial score (nSPS) is 24.9. The Hall–Kier alpha value is -0.640. The average Bonchev–Trinajstić information content (AvgIpc) is 2.63. The zero-order valence-electron chi connectivity index (χ0n) is 8.36. The summed E-state index contributed by atoms with van der Waals surface area (Å²) in [6.45, 7) is 1.53. The first kappa shape index (κ1) is 12.4. The molecule has 15 heavy (non-hydrogen) atoms. The minimum Gasteiger partial charge on any atom is -0.369 e. The van der Waals surface area contributed by atoms with Crippen molar-refractivity contribution in [2.45, 2.75) is 18.9 Å². The first-order chi connectivity index (χ1) is 6.86. The van der Waals surface area contributed by atoms with E-state index < -0.39 is 6.17 Å². The maximum Gasteiger partial charge on any atom is 0.140 e. The molecule has 4 heteroatoms. The summed E-state index contributed by atoms with van der Waals surface area (Å²) >= 11 is 0. The molecule has 2 unspecified atom stereocenters. The van der Waals surface area contributed by atoms with Gasteiger partial charge in [0.25, 0.3) is 0 Å². The van der Waals surface area contributed by atoms with Gasteiger partial charge in [0.05, 0.1) is 6.61 Å². The number of hydrogen-bond acceptors (Lipinski definition) is 2. The lowest BCUT2D eigenvalue weighted by atomic mass is 10.2. The number of ether oxygens (including phenoxy) is 1. The van der Waals surface area contributed by atoms with Crippen molar-refractivity contribution >= 4 is 12.4 Å². The van der Waals surface area contributed by atoms with Gasteiger partial charge in [-0.15, -0.1) is 12.4 Å². The van der Waals surface area contributed by atoms with Crippen molar-refractivity contribution in [1.29, 1.82) is 0 Å². The van der Waals surface area contributed by atoms with E-state index in [0.717, 1.165) is 5.56 Å². The van der Waals surface area contributed by atoms with Gasteiger partial charge in [0.2, 0.25) is 0 Å². The van der Waals surface area contributed by atoms with E-state index in [4.69, 9.17) is 4.74 Å². The Morgan fingerprint density at radius 3 is 2.60 bits per heavy atom. The van der Waals surface area contributed by atoms with E-state index in [1.165, 1.54) is 0 Å². The first-order valence-corrected chi connectivity index (χ1v) is 4.86. The molecule has 0 aliphatic carbocycles. The van der Waals surface area contributed by atoms with E-state index in [1.807, 2.05) is 30.3 Å². The first-order valence-electron chi connectivity index (χ1n) is 4.86. The van der Waals surface area contributed by atoms with Crippen molar-refractivity contribution in [3.63, 3.8) is 0 Å². The molecule has 84 valence electrons. The molecule has 1 aliphatic heterocycles. The molecule has 2 nitrogen and oxygen atoms in total. The van der Waals surface area contributed by atoms with Crippen molar-refractivity contribution in [3.8, 4) is 0 Å². The van der Waals surface area contributed by atoms with Crippen LogP contribution in [0.25, 0.3) is 0 Å². The van der Waals surface area contributed by atoms with E-state index in [-0.39, 0.29) is 18.5 Å². The molecule has 1 saturated heterocycles. The predicted molar refractivity (Wildman–Crippen MR) is 60.0 cm³/mol. The zero-order chi connectivity index (χ0) is 9.80. The standard InChI is InChI=1S/C11H14FNO.ClH/c12-10-6-13-7-11(10)14-8-9-4-2-1-3-5-9;/h1-5,10-11,13H,6-8H2;1H. The molecule has 0 radical (unpaired) electrons. The Balaban J connectivity index is 0.00000112. The Morgan fingerprint density at radius 1 is 1.27 bits per heavy atom. The maximum absolute atomic E-state index is 13.1. The second-order valence-electron chi connectivity index (χ2n) is 3.51. The number of benzene rings is 1. The van der Waals surface area contributed by atoms with Gasteiger partial charge in [0, 0.05) is 13.1 Å². The highest BCUT2D eigenvalue weighted by atomic mass is 35.5. The highest BCUT2D eigenvalue weighted by Crippen LogP contribution is 2.11. The molecule has 2 rings (SSSR count). The van der Waals surface area contributed by atoms with Crippen molar-refractivity contribution < 1.29 is 9.13 Å². The SMILES string of the molecule is Cl.FC1CNCC1OCc1ccccc1. The molecule has 0 amide bonds. The van der Waals surface area contributed by atoms with Crippen molar-refractivity contribution in [2.24, 2.45) is 0 Å². The highest BCUT2D eigenvalue weighted by Gasteiger charge is 2.27. The lowest BCUT2D eigenvalue weighted by Gasteiger charge is -2.12. The molecule has 0 bridgehead atoms. The largest absolute Gasteiger partial charge is 0.369 e. The minimum atomic E-state index is -0.862. The van der Waals surface area contributed by atoms with Crippen LogP contribution >= 0.6 is 12.4 Å². The Morgan fingerprint density at radius 2 is 2.00 bits per heavy atom. The number of alkyl halides is 1. The fraction of sp³-hybridized carbons (Fsp3) is 0.455. The summed E-state index contributed by atoms with van der Waals surface area (Å²) in [5.41, 5.74) is 1.09. The van der Waals surface area contributed by atoms with Crippen molar-refractivity contribution in [2.75, 3.05) is 13.1 Å². The maximum atomic E-state index is 13.1. The molecule has 0 saturated carbocycles. The Bertz CT molecular complexity index is 283. The predicted octanol–water partition coefficient (Wildman–Crippen LogP) is 1.93. The molecule has 1 aromatic carbocycles. The highest BCUT2D eigenvalue weighted by molar-refractivity contribution is 5.85. The smallest absolute Gasteiger partial charge is 0.140 e. The molecule has 0 aromatic heterocycles. The lowest BCUT2D eigenvalue weighted by molar-refractivity contribution is 0.0139. The molecule has 1 aliphatic rings. The molecule has 2 atom stereocenters. The topological polar surface area (TPSA) is 21.3 Å². The molecular weight excluding hydrogens is 217 g/mol. The van der Waals surface area contributed by atoms with Crippen LogP contribution in [0.15, 0.2) is 30.3 Å². The van der Waals surface area contributed by atoms with E-state index in [9.17, 15) is 4.39 Å². The molecule has 0 spiro atoms. The quantitative estimate of drug-likeness (QED) is 0.859. The third-order valence-corrected chi connectivity index (χ3v) is 2.40. The van der Waals surface area contributed by atoms with Crippen LogP contribution in [0.5, 0.6) is 0 Å². The summed E-state index contributed by atoms with van der Waals surface area (Å²) in [7, 11) is 0. The van der Waals surface area contributed by atoms with Crippen LogP contribution in [0.1, 0.15) is 5.56 Å². The Kier molecular flexibility index (Phi) is 5.02. The molecule has 1 aromatic rings. The van der Waals surface area contributed by atoms with Gasteiger partial charge >= 0.3 is 0 Å². The monoisotopic (exact) mass is 231 g/mol. The fourth-order valence-corrected chi connectivity index (χ4v) is 1.56. The van der Waals surface area contributed by atoms with Crippen LogP contribution in [0, 0.1) is 0 Å². The number of nitrogens with one attached hydrogen (secondary N) is 1. The summed E-state index contributed by atoms with van der Waals surface area (Å²) in [6.07, 6.45) is -1.14. The van der Waals surface area contributed by atoms with Crippen LogP contribution in [-0.4, -0.2) is 25.4 Å². The van der Waals surface area contributed by atoms with Crippen molar-refractivity contribution in [1.82, 2.24) is 5.32 Å². The second kappa shape index (κ2) is 6.05. The summed E-state index contributed by atoms with van der Waals surface area (Å²) in [4.78, 5) is 0. The van der Waals surface area contributed by atoms with Gasteiger partial charge in [-0.05, 0) is 5.56 Å². The van der Waals surface area contributed by atoms with Gasteiger partial charge in [-0.2, -0.15) is 0 Å². The molecule has 1 fully saturated rings. The van der Waals surface area contributed by atoms with Gasteiger partial charge in [0.1, 0.15) is 12.3 Å². The number of hydrogen-bond donors (Lipinski definition) is 1. The summed E-state index contributed by atoms with van der Waals surface area (Å²) in [5.74, 6) is 0. The van der Waals surface area contributed by atoms with Crippen LogP contribution < -0.4 is 5.32 Å². The summed E-state index contributed by atoms with van der Waals surface area (Å²) in [6, 6.07) is 9.83. The minimum absolute atomic E-state index is 0. The fourth-order valence-electron chi connectivity index (χ4n) is 1.56. The third kappa shape index (κ3) is 3.45.